The van der Waals surface area contributed by atoms with E-state index in [1.165, 1.54) is 24.8 Å². The van der Waals surface area contributed by atoms with Gasteiger partial charge in [0.2, 0.25) is 0 Å². The van der Waals surface area contributed by atoms with Crippen molar-refractivity contribution in [2.75, 3.05) is 6.54 Å². The van der Waals surface area contributed by atoms with E-state index in [1.54, 1.807) is 11.1 Å². The molecule has 2 aromatic rings. The smallest absolute Gasteiger partial charge is 0.0521 e. The van der Waals surface area contributed by atoms with Crippen LogP contribution in [0.1, 0.15) is 42.4 Å². The highest BCUT2D eigenvalue weighted by Gasteiger charge is 2.28. The summed E-state index contributed by atoms with van der Waals surface area (Å²) in [6.45, 7) is 3.24. The maximum absolute atomic E-state index is 4.27. The third kappa shape index (κ3) is 3.18. The zero-order valence-electron chi connectivity index (χ0n) is 13.0. The topological polar surface area (TPSA) is 29.9 Å². The Balaban J connectivity index is 1.70. The van der Waals surface area contributed by atoms with E-state index < -0.39 is 0 Å². The first-order valence-corrected chi connectivity index (χ1v) is 8.06. The number of rotatable bonds is 6. The summed E-state index contributed by atoms with van der Waals surface area (Å²) in [5, 5.41) is 7.99. The van der Waals surface area contributed by atoms with Gasteiger partial charge in [-0.25, -0.2) is 0 Å². The highest BCUT2D eigenvalue weighted by molar-refractivity contribution is 5.36. The molecular weight excluding hydrogens is 258 g/mol. The van der Waals surface area contributed by atoms with E-state index in [1.807, 2.05) is 17.9 Å². The molecule has 0 amide bonds. The number of nitrogens with one attached hydrogen (secondary N) is 1. The highest BCUT2D eigenvalue weighted by atomic mass is 15.2. The van der Waals surface area contributed by atoms with Crippen molar-refractivity contribution < 1.29 is 0 Å². The standard InChI is InChI=1S/C18H25N3/c1-3-19-18(11-8-14-12-20-21(2)13-14)17-10-9-15-6-4-5-7-16(15)17/h4-7,12-13,17-19H,3,8-11H2,1-2H3. The monoisotopic (exact) mass is 283 g/mol. The van der Waals surface area contributed by atoms with Gasteiger partial charge in [0, 0.05) is 19.3 Å². The third-order valence-electron chi connectivity index (χ3n) is 4.63. The molecule has 1 heterocycles. The number of hydrogen-bond acceptors (Lipinski definition) is 2. The van der Waals surface area contributed by atoms with E-state index in [4.69, 9.17) is 0 Å². The Bertz CT molecular complexity index is 588. The zero-order chi connectivity index (χ0) is 14.7. The molecule has 2 atom stereocenters. The molecule has 0 saturated heterocycles. The van der Waals surface area contributed by atoms with Crippen LogP contribution in [0.4, 0.5) is 0 Å². The van der Waals surface area contributed by atoms with Crippen LogP contribution in [0.25, 0.3) is 0 Å². The minimum atomic E-state index is 0.568. The second-order valence-corrected chi connectivity index (χ2v) is 6.07. The zero-order valence-corrected chi connectivity index (χ0v) is 13.0. The summed E-state index contributed by atoms with van der Waals surface area (Å²) in [6.07, 6.45) is 8.92. The molecule has 21 heavy (non-hydrogen) atoms. The van der Waals surface area contributed by atoms with Crippen LogP contribution >= 0.6 is 0 Å². The summed E-state index contributed by atoms with van der Waals surface area (Å²) >= 11 is 0. The lowest BCUT2D eigenvalue weighted by Gasteiger charge is -2.25. The maximum atomic E-state index is 4.27. The number of likely N-dealkylation sites (N-methyl/N-ethyl adjacent to an activating group) is 1. The van der Waals surface area contributed by atoms with Crippen LogP contribution < -0.4 is 5.32 Å². The van der Waals surface area contributed by atoms with Crippen molar-refractivity contribution >= 4 is 0 Å². The van der Waals surface area contributed by atoms with Crippen molar-refractivity contribution in [3.8, 4) is 0 Å². The van der Waals surface area contributed by atoms with Crippen LogP contribution in [-0.2, 0) is 19.9 Å². The molecule has 1 N–H and O–H groups in total. The second kappa shape index (κ2) is 6.44. The van der Waals surface area contributed by atoms with E-state index in [0.717, 1.165) is 13.0 Å². The summed E-state index contributed by atoms with van der Waals surface area (Å²) in [6, 6.07) is 9.53. The molecule has 1 aromatic carbocycles. The normalized spacial score (nSPS) is 18.7. The fourth-order valence-corrected chi connectivity index (χ4v) is 3.64. The van der Waals surface area contributed by atoms with Gasteiger partial charge in [-0.3, -0.25) is 4.68 Å². The largest absolute Gasteiger partial charge is 0.314 e. The molecule has 1 aromatic heterocycles. The molecule has 0 saturated carbocycles. The lowest BCUT2D eigenvalue weighted by Crippen LogP contribution is -2.34. The molecule has 112 valence electrons. The first-order valence-electron chi connectivity index (χ1n) is 8.06. The van der Waals surface area contributed by atoms with Gasteiger partial charge < -0.3 is 5.32 Å². The van der Waals surface area contributed by atoms with Gasteiger partial charge in [-0.1, -0.05) is 31.2 Å². The van der Waals surface area contributed by atoms with Crippen LogP contribution in [-0.4, -0.2) is 22.4 Å². The van der Waals surface area contributed by atoms with Crippen molar-refractivity contribution in [1.29, 1.82) is 0 Å². The summed E-state index contributed by atoms with van der Waals surface area (Å²) in [5.74, 6) is 0.665. The lowest BCUT2D eigenvalue weighted by atomic mass is 9.89. The molecule has 3 heteroatoms. The molecule has 0 radical (unpaired) electrons. The second-order valence-electron chi connectivity index (χ2n) is 6.07. The Labute approximate surface area is 127 Å². The maximum Gasteiger partial charge on any atom is 0.0521 e. The minimum absolute atomic E-state index is 0.568. The average Bonchev–Trinajstić information content (AvgIpc) is 3.10. The van der Waals surface area contributed by atoms with Gasteiger partial charge >= 0.3 is 0 Å². The van der Waals surface area contributed by atoms with Crippen LogP contribution in [0.2, 0.25) is 0 Å². The molecule has 1 aliphatic rings. The Morgan fingerprint density at radius 3 is 3.00 bits per heavy atom. The number of benzene rings is 1. The number of aryl methyl sites for hydroxylation is 3. The highest BCUT2D eigenvalue weighted by Crippen LogP contribution is 2.36. The van der Waals surface area contributed by atoms with Gasteiger partial charge in [0.15, 0.2) is 0 Å². The van der Waals surface area contributed by atoms with E-state index >= 15 is 0 Å². The molecule has 0 aliphatic heterocycles. The Morgan fingerprint density at radius 2 is 2.24 bits per heavy atom. The van der Waals surface area contributed by atoms with Gasteiger partial charge in [0.1, 0.15) is 0 Å². The van der Waals surface area contributed by atoms with Gasteiger partial charge in [0.25, 0.3) is 0 Å². The van der Waals surface area contributed by atoms with E-state index in [9.17, 15) is 0 Å². The van der Waals surface area contributed by atoms with E-state index in [0.29, 0.717) is 12.0 Å². The van der Waals surface area contributed by atoms with Gasteiger partial charge in [-0.2, -0.15) is 5.10 Å². The predicted molar refractivity (Wildman–Crippen MR) is 86.5 cm³/mol. The number of aromatic nitrogens is 2. The van der Waals surface area contributed by atoms with Crippen LogP contribution in [0.5, 0.6) is 0 Å². The molecule has 3 nitrogen and oxygen atoms in total. The fraction of sp³-hybridized carbons (Fsp3) is 0.500. The van der Waals surface area contributed by atoms with Gasteiger partial charge in [-0.15, -0.1) is 0 Å². The fourth-order valence-electron chi connectivity index (χ4n) is 3.64. The predicted octanol–water partition coefficient (Wildman–Crippen LogP) is 3.06. The number of nitrogens with zero attached hydrogens (tertiary/aromatic N) is 2. The molecule has 2 unspecified atom stereocenters. The van der Waals surface area contributed by atoms with Crippen LogP contribution in [0.3, 0.4) is 0 Å². The first kappa shape index (κ1) is 14.3. The van der Waals surface area contributed by atoms with Crippen molar-refractivity contribution in [2.45, 2.75) is 44.6 Å². The summed E-state index contributed by atoms with van der Waals surface area (Å²) in [7, 11) is 1.98. The Hall–Kier alpha value is -1.61. The van der Waals surface area contributed by atoms with Crippen molar-refractivity contribution in [3.05, 3.63) is 53.3 Å². The molecular formula is C18H25N3. The molecule has 0 fully saturated rings. The quantitative estimate of drug-likeness (QED) is 0.883. The summed E-state index contributed by atoms with van der Waals surface area (Å²) in [5.41, 5.74) is 4.45. The third-order valence-corrected chi connectivity index (χ3v) is 4.63. The Kier molecular flexibility index (Phi) is 4.39. The van der Waals surface area contributed by atoms with Gasteiger partial charge in [0.05, 0.1) is 6.20 Å². The minimum Gasteiger partial charge on any atom is -0.314 e. The average molecular weight is 283 g/mol. The van der Waals surface area contributed by atoms with Crippen molar-refractivity contribution in [2.24, 2.45) is 7.05 Å². The molecule has 1 aliphatic carbocycles. The molecule has 3 rings (SSSR count). The van der Waals surface area contributed by atoms with Crippen LogP contribution in [0.15, 0.2) is 36.7 Å². The number of fused-ring (bicyclic) bond motifs is 1. The molecule has 0 bridgehead atoms. The first-order chi connectivity index (χ1) is 10.3. The number of hydrogen-bond donors (Lipinski definition) is 1. The van der Waals surface area contributed by atoms with Crippen molar-refractivity contribution in [3.63, 3.8) is 0 Å². The van der Waals surface area contributed by atoms with E-state index in [2.05, 4.69) is 47.8 Å². The summed E-state index contributed by atoms with van der Waals surface area (Å²) in [4.78, 5) is 0. The molecule has 0 spiro atoms. The Morgan fingerprint density at radius 1 is 1.38 bits per heavy atom. The van der Waals surface area contributed by atoms with Gasteiger partial charge in [-0.05, 0) is 54.8 Å². The lowest BCUT2D eigenvalue weighted by molar-refractivity contribution is 0.413. The summed E-state index contributed by atoms with van der Waals surface area (Å²) < 4.78 is 1.89. The van der Waals surface area contributed by atoms with Crippen LogP contribution in [0, 0.1) is 0 Å². The van der Waals surface area contributed by atoms with Crippen molar-refractivity contribution in [1.82, 2.24) is 15.1 Å². The SMILES string of the molecule is CCNC(CCc1cnn(C)c1)C1CCc2ccccc21. The van der Waals surface area contributed by atoms with E-state index in [-0.39, 0.29) is 0 Å².